The number of thioether (sulfide) groups is 1. The van der Waals surface area contributed by atoms with Crippen molar-refractivity contribution in [1.82, 2.24) is 15.1 Å². The zero-order chi connectivity index (χ0) is 28.2. The van der Waals surface area contributed by atoms with E-state index in [1.54, 1.807) is 23.8 Å². The van der Waals surface area contributed by atoms with Gasteiger partial charge >= 0.3 is 0 Å². The molecule has 1 aliphatic heterocycles. The lowest BCUT2D eigenvalue weighted by Crippen LogP contribution is -2.43. The van der Waals surface area contributed by atoms with Crippen molar-refractivity contribution in [3.63, 3.8) is 0 Å². The molecule has 2 heterocycles. The lowest BCUT2D eigenvalue weighted by Gasteiger charge is -2.24. The summed E-state index contributed by atoms with van der Waals surface area (Å²) in [5.74, 6) is 0.493. The van der Waals surface area contributed by atoms with E-state index < -0.39 is 0 Å². The minimum absolute atomic E-state index is 0.110. The number of rotatable bonds is 8. The minimum Gasteiger partial charge on any atom is -0.383 e. The molecule has 4 aromatic rings. The fourth-order valence-electron chi connectivity index (χ4n) is 5.13. The number of hydrogen-bond acceptors (Lipinski definition) is 5. The monoisotopic (exact) mass is 554 g/mol. The molecule has 0 radical (unpaired) electrons. The average molecular weight is 555 g/mol. The normalized spacial score (nSPS) is 15.1. The van der Waals surface area contributed by atoms with Crippen LogP contribution < -0.4 is 10.2 Å². The summed E-state index contributed by atoms with van der Waals surface area (Å²) in [6.45, 7) is 6.84. The maximum Gasteiger partial charge on any atom is 0.240 e. The highest BCUT2D eigenvalue weighted by atomic mass is 32.2. The van der Waals surface area contributed by atoms with Crippen LogP contribution in [-0.2, 0) is 14.3 Å². The van der Waals surface area contributed by atoms with E-state index in [-0.39, 0.29) is 29.4 Å². The van der Waals surface area contributed by atoms with Crippen molar-refractivity contribution in [3.05, 3.63) is 101 Å². The third-order valence-corrected chi connectivity index (χ3v) is 8.25. The van der Waals surface area contributed by atoms with Crippen molar-refractivity contribution in [1.29, 1.82) is 0 Å². The first kappa shape index (κ1) is 27.7. The van der Waals surface area contributed by atoms with Crippen LogP contribution in [0.1, 0.15) is 33.1 Å². The number of amides is 2. The number of nitrogens with one attached hydrogen (secondary N) is 1. The first-order valence-corrected chi connectivity index (χ1v) is 14.4. The quantitative estimate of drug-likeness (QED) is 0.295. The Hall–Kier alpha value is -3.88. The lowest BCUT2D eigenvalue weighted by atomic mass is 9.98. The molecule has 0 bridgehead atoms. The van der Waals surface area contributed by atoms with Gasteiger partial charge in [0.2, 0.25) is 11.8 Å². The van der Waals surface area contributed by atoms with Crippen molar-refractivity contribution >= 4 is 29.4 Å². The van der Waals surface area contributed by atoms with E-state index in [0.717, 1.165) is 44.8 Å². The molecule has 1 N–H and O–H groups in total. The van der Waals surface area contributed by atoms with Gasteiger partial charge in [0, 0.05) is 24.8 Å². The van der Waals surface area contributed by atoms with Gasteiger partial charge in [0.1, 0.15) is 12.4 Å². The predicted molar refractivity (Wildman–Crippen MR) is 161 cm³/mol. The molecule has 206 valence electrons. The molecule has 8 heteroatoms. The summed E-state index contributed by atoms with van der Waals surface area (Å²) in [4.78, 5) is 28.5. The molecular formula is C32H34N4O3S. The van der Waals surface area contributed by atoms with Crippen LogP contribution in [0.4, 0.5) is 5.82 Å². The molecule has 0 saturated heterocycles. The summed E-state index contributed by atoms with van der Waals surface area (Å²) in [6.07, 6.45) is 0. The SMILES string of the molecule is COCCNC(=O)CN1C(=O)CS[C@H](c2cccc(C)c2)c2c(-c3ccccc3)nn(-c3ccc(C)cc3C)c21. The summed E-state index contributed by atoms with van der Waals surface area (Å²) in [5.41, 5.74) is 7.98. The van der Waals surface area contributed by atoms with E-state index in [2.05, 4.69) is 49.5 Å². The van der Waals surface area contributed by atoms with Crippen LogP contribution in [0.3, 0.4) is 0 Å². The van der Waals surface area contributed by atoms with Crippen molar-refractivity contribution in [2.24, 2.45) is 0 Å². The Kier molecular flexibility index (Phi) is 8.38. The Morgan fingerprint density at radius 2 is 1.80 bits per heavy atom. The van der Waals surface area contributed by atoms with Gasteiger partial charge in [-0.2, -0.15) is 5.10 Å². The molecule has 0 saturated carbocycles. The third kappa shape index (κ3) is 5.69. The van der Waals surface area contributed by atoms with E-state index in [1.807, 2.05) is 54.1 Å². The van der Waals surface area contributed by atoms with Crippen LogP contribution in [0.15, 0.2) is 72.8 Å². The van der Waals surface area contributed by atoms with E-state index in [0.29, 0.717) is 19.0 Å². The van der Waals surface area contributed by atoms with Crippen LogP contribution in [0, 0.1) is 20.8 Å². The first-order valence-electron chi connectivity index (χ1n) is 13.4. The van der Waals surface area contributed by atoms with E-state index in [4.69, 9.17) is 9.84 Å². The Bertz CT molecular complexity index is 1530. The fourth-order valence-corrected chi connectivity index (χ4v) is 6.32. The van der Waals surface area contributed by atoms with E-state index >= 15 is 0 Å². The molecular weight excluding hydrogens is 520 g/mol. The number of anilines is 1. The Morgan fingerprint density at radius 1 is 1.02 bits per heavy atom. The van der Waals surface area contributed by atoms with Gasteiger partial charge in [-0.25, -0.2) is 4.68 Å². The number of methoxy groups -OCH3 is 1. The number of benzene rings is 3. The van der Waals surface area contributed by atoms with Gasteiger partial charge in [0.15, 0.2) is 0 Å². The second-order valence-electron chi connectivity index (χ2n) is 10.1. The molecule has 7 nitrogen and oxygen atoms in total. The molecule has 0 spiro atoms. The van der Waals surface area contributed by atoms with Gasteiger partial charge in [-0.05, 0) is 38.0 Å². The van der Waals surface area contributed by atoms with Gasteiger partial charge in [0.05, 0.1) is 29.0 Å². The minimum atomic E-state index is -0.245. The van der Waals surface area contributed by atoms with Crippen molar-refractivity contribution < 1.29 is 14.3 Å². The maximum atomic E-state index is 13.8. The molecule has 5 rings (SSSR count). The Balaban J connectivity index is 1.78. The highest BCUT2D eigenvalue weighted by Crippen LogP contribution is 2.48. The molecule has 0 aliphatic carbocycles. The topological polar surface area (TPSA) is 76.5 Å². The number of fused-ring (bicyclic) bond motifs is 1. The number of nitrogens with zero attached hydrogens (tertiary/aromatic N) is 3. The molecule has 1 aromatic heterocycles. The average Bonchev–Trinajstić information content (AvgIpc) is 3.25. The summed E-state index contributed by atoms with van der Waals surface area (Å²) in [7, 11) is 1.59. The molecule has 40 heavy (non-hydrogen) atoms. The van der Waals surface area contributed by atoms with Gasteiger partial charge in [0.25, 0.3) is 0 Å². The number of hydrogen-bond donors (Lipinski definition) is 1. The number of carbonyl (C=O) groups excluding carboxylic acids is 2. The fraction of sp³-hybridized carbons (Fsp3) is 0.281. The van der Waals surface area contributed by atoms with Crippen molar-refractivity contribution in [3.8, 4) is 16.9 Å². The van der Waals surface area contributed by atoms with Crippen LogP contribution in [-0.4, -0.2) is 54.2 Å². The summed E-state index contributed by atoms with van der Waals surface area (Å²) in [6, 6.07) is 24.7. The largest absolute Gasteiger partial charge is 0.383 e. The Morgan fingerprint density at radius 3 is 2.52 bits per heavy atom. The van der Waals surface area contributed by atoms with Crippen LogP contribution in [0.5, 0.6) is 0 Å². The van der Waals surface area contributed by atoms with Crippen LogP contribution in [0.25, 0.3) is 16.9 Å². The van der Waals surface area contributed by atoms with Gasteiger partial charge < -0.3 is 10.1 Å². The second kappa shape index (κ2) is 12.1. The lowest BCUT2D eigenvalue weighted by molar-refractivity contribution is -0.123. The van der Waals surface area contributed by atoms with Crippen molar-refractivity contribution in [2.45, 2.75) is 26.0 Å². The van der Waals surface area contributed by atoms with Crippen LogP contribution in [0.2, 0.25) is 0 Å². The smallest absolute Gasteiger partial charge is 0.240 e. The molecule has 0 unspecified atom stereocenters. The predicted octanol–water partition coefficient (Wildman–Crippen LogP) is 5.40. The van der Waals surface area contributed by atoms with Crippen molar-refractivity contribution in [2.75, 3.05) is 37.5 Å². The number of aryl methyl sites for hydroxylation is 3. The highest BCUT2D eigenvalue weighted by Gasteiger charge is 2.37. The van der Waals surface area contributed by atoms with Gasteiger partial charge in [-0.3, -0.25) is 14.5 Å². The van der Waals surface area contributed by atoms with Gasteiger partial charge in [-0.15, -0.1) is 11.8 Å². The second-order valence-corrected chi connectivity index (χ2v) is 11.2. The summed E-state index contributed by atoms with van der Waals surface area (Å²) >= 11 is 1.58. The molecule has 1 atom stereocenters. The first-order chi connectivity index (χ1) is 19.4. The van der Waals surface area contributed by atoms with E-state index in [1.165, 1.54) is 0 Å². The zero-order valence-electron chi connectivity index (χ0n) is 23.3. The number of carbonyl (C=O) groups is 2. The number of ether oxygens (including phenoxy) is 1. The maximum absolute atomic E-state index is 13.8. The van der Waals surface area contributed by atoms with Gasteiger partial charge in [-0.1, -0.05) is 77.9 Å². The zero-order valence-corrected chi connectivity index (χ0v) is 24.1. The summed E-state index contributed by atoms with van der Waals surface area (Å²) < 4.78 is 6.95. The molecule has 2 amide bonds. The molecule has 1 aliphatic rings. The van der Waals surface area contributed by atoms with E-state index in [9.17, 15) is 9.59 Å². The molecule has 3 aromatic carbocycles. The Labute approximate surface area is 239 Å². The third-order valence-electron chi connectivity index (χ3n) is 6.99. The highest BCUT2D eigenvalue weighted by molar-refractivity contribution is 8.00. The molecule has 0 fully saturated rings. The summed E-state index contributed by atoms with van der Waals surface area (Å²) in [5, 5.41) is 7.91. The van der Waals surface area contributed by atoms with Crippen LogP contribution >= 0.6 is 11.8 Å². The standard InChI is InChI=1S/C32H34N4O3S/c1-21-9-8-12-25(18-21)31-29-30(24-10-6-5-7-11-24)34-36(26-14-13-22(2)17-23(26)3)32(29)35(28(38)20-40-31)19-27(37)33-15-16-39-4/h5-14,17-18,31H,15-16,19-20H2,1-4H3,(H,33,37)/t31-/m1/s1. The number of aromatic nitrogens is 2.